The molecule has 1 aromatic carbocycles. The topological polar surface area (TPSA) is 97.9 Å². The SMILES string of the molecule is COc1cc(-c2cc(NCCn3c(C#N)cc4c(OC)ccc(F)c43)ncn2)ccn1. The van der Waals surface area contributed by atoms with E-state index in [9.17, 15) is 9.65 Å². The van der Waals surface area contributed by atoms with Crippen molar-refractivity contribution in [2.45, 2.75) is 6.54 Å². The molecule has 0 spiro atoms. The average Bonchev–Trinajstić information content (AvgIpc) is 3.19. The van der Waals surface area contributed by atoms with Crippen molar-refractivity contribution in [2.75, 3.05) is 26.1 Å². The number of halogens is 1. The fourth-order valence-corrected chi connectivity index (χ4v) is 3.40. The molecule has 0 saturated heterocycles. The number of pyridine rings is 1. The first-order valence-electron chi connectivity index (χ1n) is 9.46. The maximum Gasteiger partial charge on any atom is 0.213 e. The lowest BCUT2D eigenvalue weighted by atomic mass is 10.2. The summed E-state index contributed by atoms with van der Waals surface area (Å²) in [7, 11) is 3.07. The zero-order valence-corrected chi connectivity index (χ0v) is 17.0. The minimum atomic E-state index is -0.409. The van der Waals surface area contributed by atoms with Crippen LogP contribution < -0.4 is 14.8 Å². The molecule has 0 amide bonds. The number of ether oxygens (including phenoxy) is 2. The molecule has 31 heavy (non-hydrogen) atoms. The Balaban J connectivity index is 1.55. The van der Waals surface area contributed by atoms with Gasteiger partial charge < -0.3 is 19.4 Å². The van der Waals surface area contributed by atoms with Gasteiger partial charge in [0.1, 0.15) is 35.5 Å². The highest BCUT2D eigenvalue weighted by atomic mass is 19.1. The van der Waals surface area contributed by atoms with Crippen LogP contribution in [0.3, 0.4) is 0 Å². The molecule has 0 aliphatic heterocycles. The Kier molecular flexibility index (Phi) is 5.62. The van der Waals surface area contributed by atoms with Crippen LogP contribution in [0.4, 0.5) is 10.2 Å². The molecule has 4 aromatic rings. The van der Waals surface area contributed by atoms with Gasteiger partial charge in [0.25, 0.3) is 0 Å². The normalized spacial score (nSPS) is 10.6. The van der Waals surface area contributed by atoms with Gasteiger partial charge >= 0.3 is 0 Å². The molecular weight excluding hydrogens is 399 g/mol. The van der Waals surface area contributed by atoms with Crippen LogP contribution in [0.2, 0.25) is 0 Å². The molecule has 3 aromatic heterocycles. The third kappa shape index (κ3) is 3.96. The zero-order valence-electron chi connectivity index (χ0n) is 17.0. The number of nitrogens with zero attached hydrogens (tertiary/aromatic N) is 5. The molecule has 0 fully saturated rings. The standard InChI is InChI=1S/C22H19FN6O2/c1-30-19-4-3-17(23)22-16(19)10-15(12-24)29(22)8-7-25-20-11-18(27-13-28-20)14-5-6-26-21(9-14)31-2/h3-6,9-11,13H,7-8H2,1-2H3,(H,25,27,28). The largest absolute Gasteiger partial charge is 0.496 e. The molecule has 0 bridgehead atoms. The fourth-order valence-electron chi connectivity index (χ4n) is 3.40. The molecule has 0 saturated carbocycles. The molecule has 0 aliphatic rings. The average molecular weight is 418 g/mol. The van der Waals surface area contributed by atoms with E-state index in [1.54, 1.807) is 42.1 Å². The number of methoxy groups -OCH3 is 2. The van der Waals surface area contributed by atoms with Gasteiger partial charge in [-0.15, -0.1) is 0 Å². The number of nitrogens with one attached hydrogen (secondary N) is 1. The second-order valence-electron chi connectivity index (χ2n) is 6.61. The van der Waals surface area contributed by atoms with E-state index in [1.807, 2.05) is 6.07 Å². The number of rotatable bonds is 7. The molecule has 156 valence electrons. The quantitative estimate of drug-likeness (QED) is 0.489. The molecule has 9 heteroatoms. The van der Waals surface area contributed by atoms with Gasteiger partial charge in [0, 0.05) is 42.4 Å². The van der Waals surface area contributed by atoms with Crippen molar-refractivity contribution < 1.29 is 13.9 Å². The molecule has 8 nitrogen and oxygen atoms in total. The van der Waals surface area contributed by atoms with Gasteiger partial charge in [-0.2, -0.15) is 5.26 Å². The van der Waals surface area contributed by atoms with E-state index in [0.717, 1.165) is 5.56 Å². The van der Waals surface area contributed by atoms with Crippen LogP contribution in [-0.4, -0.2) is 40.3 Å². The van der Waals surface area contributed by atoms with E-state index in [4.69, 9.17) is 9.47 Å². The van der Waals surface area contributed by atoms with Gasteiger partial charge in [-0.1, -0.05) is 0 Å². The summed E-state index contributed by atoms with van der Waals surface area (Å²) in [5, 5.41) is 13.3. The second-order valence-corrected chi connectivity index (χ2v) is 6.61. The Labute approximate surface area is 177 Å². The van der Waals surface area contributed by atoms with Crippen LogP contribution in [0.15, 0.2) is 48.9 Å². The van der Waals surface area contributed by atoms with Crippen LogP contribution >= 0.6 is 0 Å². The molecule has 3 heterocycles. The van der Waals surface area contributed by atoms with Crippen molar-refractivity contribution in [3.8, 4) is 29.0 Å². The first-order chi connectivity index (χ1) is 15.1. The minimum Gasteiger partial charge on any atom is -0.496 e. The summed E-state index contributed by atoms with van der Waals surface area (Å²) >= 11 is 0. The van der Waals surface area contributed by atoms with E-state index in [2.05, 4.69) is 26.3 Å². The summed E-state index contributed by atoms with van der Waals surface area (Å²) in [4.78, 5) is 12.6. The Bertz CT molecular complexity index is 1280. The highest BCUT2D eigenvalue weighted by Gasteiger charge is 2.16. The summed E-state index contributed by atoms with van der Waals surface area (Å²) in [5.41, 5.74) is 2.24. The molecule has 0 atom stereocenters. The lowest BCUT2D eigenvalue weighted by molar-refractivity contribution is 0.398. The van der Waals surface area contributed by atoms with Crippen LogP contribution in [0.1, 0.15) is 5.69 Å². The number of fused-ring (bicyclic) bond motifs is 1. The Hall–Kier alpha value is -4.19. The Morgan fingerprint density at radius 3 is 2.74 bits per heavy atom. The number of nitriles is 1. The highest BCUT2D eigenvalue weighted by molar-refractivity contribution is 5.88. The molecule has 0 radical (unpaired) electrons. The van der Waals surface area contributed by atoms with Gasteiger partial charge in [0.05, 0.1) is 25.4 Å². The second kappa shape index (κ2) is 8.67. The van der Waals surface area contributed by atoms with E-state index in [0.29, 0.717) is 52.8 Å². The maximum absolute atomic E-state index is 14.5. The van der Waals surface area contributed by atoms with Gasteiger partial charge in [-0.3, -0.25) is 0 Å². The molecule has 0 unspecified atom stereocenters. The first kappa shape index (κ1) is 20.1. The number of aromatic nitrogens is 4. The summed E-state index contributed by atoms with van der Waals surface area (Å²) in [6.07, 6.45) is 3.10. The number of hydrogen-bond donors (Lipinski definition) is 1. The maximum atomic E-state index is 14.5. The molecule has 1 N–H and O–H groups in total. The van der Waals surface area contributed by atoms with Crippen molar-refractivity contribution in [3.63, 3.8) is 0 Å². The minimum absolute atomic E-state index is 0.338. The highest BCUT2D eigenvalue weighted by Crippen LogP contribution is 2.31. The van der Waals surface area contributed by atoms with Gasteiger partial charge in [0.15, 0.2) is 0 Å². The van der Waals surface area contributed by atoms with E-state index in [1.165, 1.54) is 19.5 Å². The number of benzene rings is 1. The van der Waals surface area contributed by atoms with Crippen LogP contribution in [-0.2, 0) is 6.54 Å². The summed E-state index contributed by atoms with van der Waals surface area (Å²) in [5.74, 6) is 1.21. The third-order valence-electron chi connectivity index (χ3n) is 4.85. The van der Waals surface area contributed by atoms with Crippen molar-refractivity contribution in [1.82, 2.24) is 19.5 Å². The molecule has 0 aliphatic carbocycles. The molecular formula is C22H19FN6O2. The van der Waals surface area contributed by atoms with Crippen molar-refractivity contribution in [1.29, 1.82) is 5.26 Å². The van der Waals surface area contributed by atoms with Gasteiger partial charge in [0.2, 0.25) is 5.88 Å². The smallest absolute Gasteiger partial charge is 0.213 e. The van der Waals surface area contributed by atoms with Crippen LogP contribution in [0.5, 0.6) is 11.6 Å². The lowest BCUT2D eigenvalue weighted by Crippen LogP contribution is -2.13. The van der Waals surface area contributed by atoms with E-state index in [-0.39, 0.29) is 0 Å². The van der Waals surface area contributed by atoms with Gasteiger partial charge in [-0.05, 0) is 24.3 Å². The van der Waals surface area contributed by atoms with Crippen molar-refractivity contribution in [3.05, 3.63) is 60.4 Å². The fraction of sp³-hybridized carbons (Fsp3) is 0.182. The Morgan fingerprint density at radius 1 is 1.10 bits per heavy atom. The number of anilines is 1. The molecule has 4 rings (SSSR count). The predicted octanol–water partition coefficient (Wildman–Crippen LogP) is 3.63. The lowest BCUT2D eigenvalue weighted by Gasteiger charge is -2.11. The first-order valence-corrected chi connectivity index (χ1v) is 9.46. The monoisotopic (exact) mass is 418 g/mol. The Morgan fingerprint density at radius 2 is 1.97 bits per heavy atom. The third-order valence-corrected chi connectivity index (χ3v) is 4.85. The van der Waals surface area contributed by atoms with Gasteiger partial charge in [-0.25, -0.2) is 19.3 Å². The van der Waals surface area contributed by atoms with E-state index >= 15 is 0 Å². The summed E-state index contributed by atoms with van der Waals surface area (Å²) < 4.78 is 26.6. The zero-order chi connectivity index (χ0) is 21.8. The van der Waals surface area contributed by atoms with Crippen molar-refractivity contribution >= 4 is 16.7 Å². The summed E-state index contributed by atoms with van der Waals surface area (Å²) in [6, 6.07) is 12.1. The van der Waals surface area contributed by atoms with Crippen molar-refractivity contribution in [2.24, 2.45) is 0 Å². The van der Waals surface area contributed by atoms with Crippen LogP contribution in [0.25, 0.3) is 22.2 Å². The van der Waals surface area contributed by atoms with E-state index < -0.39 is 5.82 Å². The predicted molar refractivity (Wildman–Crippen MR) is 113 cm³/mol. The number of hydrogen-bond acceptors (Lipinski definition) is 7. The van der Waals surface area contributed by atoms with Crippen LogP contribution in [0, 0.1) is 17.1 Å². The summed E-state index contributed by atoms with van der Waals surface area (Å²) in [6.45, 7) is 0.782.